The fourth-order valence-corrected chi connectivity index (χ4v) is 1.26. The summed E-state index contributed by atoms with van der Waals surface area (Å²) < 4.78 is 5.51. The summed E-state index contributed by atoms with van der Waals surface area (Å²) in [6.07, 6.45) is 3.44. The zero-order valence-electron chi connectivity index (χ0n) is 9.15. The molecule has 0 heterocycles. The van der Waals surface area contributed by atoms with Crippen LogP contribution in [0.15, 0.2) is 36.9 Å². The average molecular weight is 206 g/mol. The molecule has 0 saturated heterocycles. The molecule has 1 N–H and O–H groups in total. The summed E-state index contributed by atoms with van der Waals surface area (Å²) in [5, 5.41) is 9.31. The highest BCUT2D eigenvalue weighted by Crippen LogP contribution is 2.17. The average Bonchev–Trinajstić information content (AvgIpc) is 2.25. The maximum absolute atomic E-state index is 9.31. The minimum Gasteiger partial charge on any atom is -0.494 e. The number of rotatable bonds is 6. The van der Waals surface area contributed by atoms with Gasteiger partial charge in [-0.1, -0.05) is 18.2 Å². The number of aliphatic hydroxyl groups excluding tert-OH is 1. The molecule has 0 bridgehead atoms. The molecule has 0 radical (unpaired) electrons. The van der Waals surface area contributed by atoms with E-state index in [2.05, 4.69) is 6.58 Å². The first-order chi connectivity index (χ1) is 7.24. The van der Waals surface area contributed by atoms with Gasteiger partial charge in [0.1, 0.15) is 5.75 Å². The smallest absolute Gasteiger partial charge is 0.119 e. The number of benzene rings is 1. The Morgan fingerprint density at radius 1 is 1.40 bits per heavy atom. The number of aliphatic hydroxyl groups is 1. The van der Waals surface area contributed by atoms with Crippen LogP contribution in [0.3, 0.4) is 0 Å². The highest BCUT2D eigenvalue weighted by molar-refractivity contribution is 5.28. The highest BCUT2D eigenvalue weighted by atomic mass is 16.5. The largest absolute Gasteiger partial charge is 0.494 e. The molecule has 0 saturated carbocycles. The van der Waals surface area contributed by atoms with Crippen molar-refractivity contribution in [2.75, 3.05) is 6.61 Å². The van der Waals surface area contributed by atoms with Gasteiger partial charge in [0.15, 0.2) is 0 Å². The van der Waals surface area contributed by atoms with Crippen LogP contribution < -0.4 is 4.74 Å². The first-order valence-electron chi connectivity index (χ1n) is 5.25. The van der Waals surface area contributed by atoms with E-state index in [-0.39, 0.29) is 0 Å². The molecule has 2 heteroatoms. The minimum absolute atomic E-state index is 0.417. The van der Waals surface area contributed by atoms with Gasteiger partial charge in [-0.25, -0.2) is 0 Å². The van der Waals surface area contributed by atoms with E-state index in [1.54, 1.807) is 6.92 Å². The molecule has 1 aromatic carbocycles. The van der Waals surface area contributed by atoms with Crippen molar-refractivity contribution in [3.63, 3.8) is 0 Å². The first-order valence-corrected chi connectivity index (χ1v) is 5.25. The minimum atomic E-state index is -0.417. The molecule has 0 aliphatic carbocycles. The van der Waals surface area contributed by atoms with Crippen LogP contribution in [0, 0.1) is 0 Å². The Morgan fingerprint density at radius 3 is 2.60 bits per heavy atom. The second kappa shape index (κ2) is 6.25. The lowest BCUT2D eigenvalue weighted by Gasteiger charge is -2.07. The summed E-state index contributed by atoms with van der Waals surface area (Å²) in [7, 11) is 0. The van der Waals surface area contributed by atoms with Crippen molar-refractivity contribution < 1.29 is 9.84 Å². The van der Waals surface area contributed by atoms with E-state index < -0.39 is 6.10 Å². The lowest BCUT2D eigenvalue weighted by molar-refractivity contribution is 0.199. The summed E-state index contributed by atoms with van der Waals surface area (Å²) in [6, 6.07) is 7.53. The fraction of sp³-hybridized carbons (Fsp3) is 0.385. The zero-order valence-corrected chi connectivity index (χ0v) is 9.15. The van der Waals surface area contributed by atoms with Crippen LogP contribution in [0.5, 0.6) is 5.75 Å². The number of hydrogen-bond donors (Lipinski definition) is 1. The normalized spacial score (nSPS) is 12.1. The van der Waals surface area contributed by atoms with Crippen molar-refractivity contribution in [1.29, 1.82) is 0 Å². The molecule has 0 amide bonds. The van der Waals surface area contributed by atoms with Crippen LogP contribution in [0.4, 0.5) is 0 Å². The molecular formula is C13H18O2. The van der Waals surface area contributed by atoms with Crippen LogP contribution in [-0.4, -0.2) is 11.7 Å². The van der Waals surface area contributed by atoms with Gasteiger partial charge in [0, 0.05) is 0 Å². The van der Waals surface area contributed by atoms with Crippen molar-refractivity contribution in [3.05, 3.63) is 42.5 Å². The highest BCUT2D eigenvalue weighted by Gasteiger charge is 2.00. The molecule has 15 heavy (non-hydrogen) atoms. The lowest BCUT2D eigenvalue weighted by atomic mass is 10.1. The van der Waals surface area contributed by atoms with E-state index in [0.717, 1.165) is 24.2 Å². The number of allylic oxidation sites excluding steroid dienone is 1. The third kappa shape index (κ3) is 4.17. The van der Waals surface area contributed by atoms with Crippen molar-refractivity contribution in [3.8, 4) is 5.75 Å². The van der Waals surface area contributed by atoms with Crippen molar-refractivity contribution >= 4 is 0 Å². The molecule has 2 nitrogen and oxygen atoms in total. The molecule has 0 unspecified atom stereocenters. The molecule has 0 spiro atoms. The van der Waals surface area contributed by atoms with E-state index in [0.29, 0.717) is 6.61 Å². The van der Waals surface area contributed by atoms with E-state index in [1.807, 2.05) is 30.3 Å². The summed E-state index contributed by atoms with van der Waals surface area (Å²) in [4.78, 5) is 0. The number of hydrogen-bond acceptors (Lipinski definition) is 2. The van der Waals surface area contributed by atoms with Gasteiger partial charge in [-0.15, -0.1) is 6.58 Å². The van der Waals surface area contributed by atoms with Gasteiger partial charge in [0.25, 0.3) is 0 Å². The van der Waals surface area contributed by atoms with Gasteiger partial charge in [0.2, 0.25) is 0 Å². The third-order valence-electron chi connectivity index (χ3n) is 2.18. The van der Waals surface area contributed by atoms with E-state index in [9.17, 15) is 5.11 Å². The molecule has 1 rings (SSSR count). The Balaban J connectivity index is 2.39. The van der Waals surface area contributed by atoms with Crippen LogP contribution in [0.25, 0.3) is 0 Å². The van der Waals surface area contributed by atoms with Crippen LogP contribution in [0.1, 0.15) is 31.4 Å². The maximum atomic E-state index is 9.31. The van der Waals surface area contributed by atoms with Crippen molar-refractivity contribution in [2.24, 2.45) is 0 Å². The Bertz CT molecular complexity index is 288. The SMILES string of the molecule is C=CCCCOc1ccc([C@@H](C)O)cc1. The third-order valence-corrected chi connectivity index (χ3v) is 2.18. The predicted molar refractivity (Wildman–Crippen MR) is 62.0 cm³/mol. The Hall–Kier alpha value is -1.28. The zero-order chi connectivity index (χ0) is 11.1. The number of unbranched alkanes of at least 4 members (excludes halogenated alkanes) is 1. The molecule has 0 aliphatic rings. The topological polar surface area (TPSA) is 29.5 Å². The molecule has 1 aromatic rings. The molecule has 0 fully saturated rings. The first kappa shape index (κ1) is 11.8. The predicted octanol–water partition coefficient (Wildman–Crippen LogP) is 3.08. The van der Waals surface area contributed by atoms with Gasteiger partial charge in [0.05, 0.1) is 12.7 Å². The fourth-order valence-electron chi connectivity index (χ4n) is 1.26. The molecule has 0 aliphatic heterocycles. The van der Waals surface area contributed by atoms with Crippen molar-refractivity contribution in [2.45, 2.75) is 25.9 Å². The molecule has 82 valence electrons. The van der Waals surface area contributed by atoms with Crippen LogP contribution in [0.2, 0.25) is 0 Å². The molecular weight excluding hydrogens is 188 g/mol. The van der Waals surface area contributed by atoms with Crippen LogP contribution >= 0.6 is 0 Å². The quantitative estimate of drug-likeness (QED) is 0.572. The van der Waals surface area contributed by atoms with E-state index in [4.69, 9.17) is 4.74 Å². The van der Waals surface area contributed by atoms with Gasteiger partial charge < -0.3 is 9.84 Å². The number of ether oxygens (including phenoxy) is 1. The lowest BCUT2D eigenvalue weighted by Crippen LogP contribution is -1.97. The van der Waals surface area contributed by atoms with Gasteiger partial charge in [-0.2, -0.15) is 0 Å². The van der Waals surface area contributed by atoms with E-state index in [1.165, 1.54) is 0 Å². The van der Waals surface area contributed by atoms with Gasteiger partial charge in [-0.3, -0.25) is 0 Å². The standard InChI is InChI=1S/C13H18O2/c1-3-4-5-10-15-13-8-6-12(7-9-13)11(2)14/h3,6-9,11,14H,1,4-5,10H2,2H3/t11-/m1/s1. The van der Waals surface area contributed by atoms with Gasteiger partial charge >= 0.3 is 0 Å². The van der Waals surface area contributed by atoms with Crippen molar-refractivity contribution in [1.82, 2.24) is 0 Å². The van der Waals surface area contributed by atoms with Gasteiger partial charge in [-0.05, 0) is 37.5 Å². The monoisotopic (exact) mass is 206 g/mol. The summed E-state index contributed by atoms with van der Waals surface area (Å²) in [5.41, 5.74) is 0.911. The van der Waals surface area contributed by atoms with Crippen LogP contribution in [-0.2, 0) is 0 Å². The maximum Gasteiger partial charge on any atom is 0.119 e. The second-order valence-corrected chi connectivity index (χ2v) is 3.52. The molecule has 0 aromatic heterocycles. The Labute approximate surface area is 91.2 Å². The summed E-state index contributed by atoms with van der Waals surface area (Å²) in [5.74, 6) is 0.850. The Kier molecular flexibility index (Phi) is 4.91. The summed E-state index contributed by atoms with van der Waals surface area (Å²) >= 11 is 0. The molecule has 1 atom stereocenters. The van der Waals surface area contributed by atoms with E-state index >= 15 is 0 Å². The Morgan fingerprint density at radius 2 is 2.07 bits per heavy atom. The summed E-state index contributed by atoms with van der Waals surface area (Å²) in [6.45, 7) is 6.11. The second-order valence-electron chi connectivity index (χ2n) is 3.52.